The quantitative estimate of drug-likeness (QED) is 0.206. The highest BCUT2D eigenvalue weighted by atomic mass is 16.5. The van der Waals surface area contributed by atoms with E-state index in [4.69, 9.17) is 4.74 Å². The van der Waals surface area contributed by atoms with Crippen LogP contribution in [0.15, 0.2) is 36.7 Å². The molecule has 1 aromatic carbocycles. The van der Waals surface area contributed by atoms with E-state index in [0.29, 0.717) is 17.8 Å². The monoisotopic (exact) mass is 420 g/mol. The summed E-state index contributed by atoms with van der Waals surface area (Å²) in [5, 5.41) is 0. The molecule has 0 aliphatic heterocycles. The van der Waals surface area contributed by atoms with Gasteiger partial charge in [0.25, 0.3) is 0 Å². The lowest BCUT2D eigenvalue weighted by atomic mass is 10.1. The van der Waals surface area contributed by atoms with Gasteiger partial charge >= 0.3 is 5.97 Å². The highest BCUT2D eigenvalue weighted by Gasteiger charge is 2.17. The zero-order valence-electron chi connectivity index (χ0n) is 18.8. The number of Topliss-reactive ketones (excluding diaryl/α,β-unsaturated/α-hetero) is 1. The molecule has 2 rings (SSSR count). The van der Waals surface area contributed by atoms with E-state index >= 15 is 0 Å². The lowest BCUT2D eigenvalue weighted by molar-refractivity contribution is -0.121. The Balaban J connectivity index is 1.90. The first-order chi connectivity index (χ1) is 15.0. The van der Waals surface area contributed by atoms with Crippen molar-refractivity contribution in [2.24, 2.45) is 0 Å². The molecule has 5 nitrogen and oxygen atoms in total. The number of aromatic nitrogens is 2. The molecule has 0 bridgehead atoms. The van der Waals surface area contributed by atoms with Crippen LogP contribution in [0.2, 0.25) is 0 Å². The van der Waals surface area contributed by atoms with Gasteiger partial charge in [-0.3, -0.25) is 4.79 Å². The molecule has 0 saturated carbocycles. The van der Waals surface area contributed by atoms with Gasteiger partial charge in [-0.2, -0.15) is 0 Å². The van der Waals surface area contributed by atoms with Crippen LogP contribution >= 0.6 is 0 Å². The number of ketones is 1. The number of nitrogens with zero attached hydrogens (tertiary/aromatic N) is 2. The van der Waals surface area contributed by atoms with Crippen molar-refractivity contribution in [1.82, 2.24) is 9.97 Å². The van der Waals surface area contributed by atoms with E-state index in [-0.39, 0.29) is 0 Å². The van der Waals surface area contributed by atoms with Crippen LogP contribution in [0.4, 0.5) is 0 Å². The largest absolute Gasteiger partial charge is 0.450 e. The van der Waals surface area contributed by atoms with Crippen molar-refractivity contribution in [2.45, 2.75) is 78.2 Å². The van der Waals surface area contributed by atoms with E-state index in [9.17, 15) is 9.59 Å². The Bertz CT molecular complexity index is 893. The fourth-order valence-corrected chi connectivity index (χ4v) is 2.98. The molecule has 164 valence electrons. The molecule has 0 spiro atoms. The zero-order valence-corrected chi connectivity index (χ0v) is 18.8. The van der Waals surface area contributed by atoms with Gasteiger partial charge in [-0.1, -0.05) is 57.6 Å². The zero-order chi connectivity index (χ0) is 22.5. The molecule has 0 amide bonds. The molecule has 31 heavy (non-hydrogen) atoms. The Kier molecular flexibility index (Phi) is 10.4. The average Bonchev–Trinajstić information content (AvgIpc) is 2.79. The number of carbonyl (C=O) groups excluding carboxylic acids is 2. The summed E-state index contributed by atoms with van der Waals surface area (Å²) in [4.78, 5) is 33.1. The van der Waals surface area contributed by atoms with Crippen LogP contribution in [0.25, 0.3) is 11.4 Å². The first kappa shape index (κ1) is 24.3. The Morgan fingerprint density at radius 1 is 0.968 bits per heavy atom. The molecular weight excluding hydrogens is 388 g/mol. The minimum absolute atomic E-state index is 0.369. The van der Waals surface area contributed by atoms with Gasteiger partial charge in [0.05, 0.1) is 5.56 Å². The number of benzene rings is 1. The van der Waals surface area contributed by atoms with Crippen LogP contribution in [-0.2, 0) is 16.0 Å². The molecule has 1 aromatic heterocycles. The second kappa shape index (κ2) is 13.3. The van der Waals surface area contributed by atoms with Crippen LogP contribution in [0, 0.1) is 11.8 Å². The third-order valence-electron chi connectivity index (χ3n) is 4.89. The predicted octanol–water partition coefficient (Wildman–Crippen LogP) is 5.57. The average molecular weight is 421 g/mol. The van der Waals surface area contributed by atoms with Gasteiger partial charge in [-0.05, 0) is 49.8 Å². The minimum atomic E-state index is -0.894. The Morgan fingerprint density at radius 2 is 1.65 bits per heavy atom. The van der Waals surface area contributed by atoms with E-state index in [2.05, 4.69) is 28.7 Å². The van der Waals surface area contributed by atoms with Crippen molar-refractivity contribution in [1.29, 1.82) is 0 Å². The number of hydrogen-bond acceptors (Lipinski definition) is 5. The van der Waals surface area contributed by atoms with E-state index < -0.39 is 17.9 Å². The number of hydrogen-bond donors (Lipinski definition) is 0. The van der Waals surface area contributed by atoms with Crippen LogP contribution in [-0.4, -0.2) is 27.8 Å². The Hall–Kier alpha value is -3.00. The highest BCUT2D eigenvalue weighted by molar-refractivity contribution is 6.01. The third kappa shape index (κ3) is 8.33. The maximum absolute atomic E-state index is 12.3. The fourth-order valence-electron chi connectivity index (χ4n) is 2.98. The molecule has 0 fully saturated rings. The predicted molar refractivity (Wildman–Crippen MR) is 122 cm³/mol. The third-order valence-corrected chi connectivity index (χ3v) is 4.89. The van der Waals surface area contributed by atoms with Gasteiger partial charge in [0.15, 0.2) is 11.9 Å². The van der Waals surface area contributed by atoms with Crippen molar-refractivity contribution < 1.29 is 14.3 Å². The van der Waals surface area contributed by atoms with Crippen molar-refractivity contribution >= 4 is 11.8 Å². The summed E-state index contributed by atoms with van der Waals surface area (Å²) >= 11 is 0. The molecule has 2 aromatic rings. The minimum Gasteiger partial charge on any atom is -0.450 e. The normalized spacial score (nSPS) is 11.3. The van der Waals surface area contributed by atoms with Crippen LogP contribution in [0.1, 0.15) is 81.6 Å². The topological polar surface area (TPSA) is 69.2 Å². The number of rotatable bonds is 11. The summed E-state index contributed by atoms with van der Waals surface area (Å²) in [5.74, 6) is 4.96. The van der Waals surface area contributed by atoms with Crippen LogP contribution in [0.3, 0.4) is 0 Å². The summed E-state index contributed by atoms with van der Waals surface area (Å²) < 4.78 is 5.23. The van der Waals surface area contributed by atoms with Crippen LogP contribution < -0.4 is 0 Å². The Morgan fingerprint density at radius 3 is 2.29 bits per heavy atom. The van der Waals surface area contributed by atoms with Crippen molar-refractivity contribution in [3.05, 3.63) is 47.8 Å². The molecule has 0 aliphatic carbocycles. The van der Waals surface area contributed by atoms with Gasteiger partial charge in [0.1, 0.15) is 0 Å². The first-order valence-electron chi connectivity index (χ1n) is 11.2. The molecule has 0 radical (unpaired) electrons. The number of esters is 1. The van der Waals surface area contributed by atoms with Gasteiger partial charge in [0, 0.05) is 24.4 Å². The van der Waals surface area contributed by atoms with E-state index in [1.54, 1.807) is 24.3 Å². The van der Waals surface area contributed by atoms with E-state index in [0.717, 1.165) is 30.4 Å². The standard InChI is InChI=1S/C26H32N2O3/c1-4-6-8-9-11-12-21-18-27-25(28-19-21)22-14-16-23(17-15-22)26(30)31-20(3)24(29)13-10-7-5-2/h14-20H,4-9,11-12H2,1-3H3. The molecular formula is C26H32N2O3. The molecule has 0 aliphatic rings. The summed E-state index contributed by atoms with van der Waals surface area (Å²) in [6.07, 6.45) is 11.6. The van der Waals surface area contributed by atoms with E-state index in [1.807, 2.05) is 19.3 Å². The molecule has 1 heterocycles. The van der Waals surface area contributed by atoms with E-state index in [1.165, 1.54) is 32.6 Å². The maximum Gasteiger partial charge on any atom is 0.338 e. The highest BCUT2D eigenvalue weighted by Crippen LogP contribution is 2.17. The summed E-state index contributed by atoms with van der Waals surface area (Å²) in [5.41, 5.74) is 2.33. The van der Waals surface area contributed by atoms with Crippen molar-refractivity contribution in [3.63, 3.8) is 0 Å². The SMILES string of the molecule is CCCC#CC(=O)C(C)OC(=O)c1ccc(-c2ncc(CCCCCCC)cn2)cc1. The van der Waals surface area contributed by atoms with Crippen LogP contribution in [0.5, 0.6) is 0 Å². The summed E-state index contributed by atoms with van der Waals surface area (Å²) in [6.45, 7) is 5.74. The lowest BCUT2D eigenvalue weighted by Gasteiger charge is -2.09. The second-order valence-electron chi connectivity index (χ2n) is 7.62. The second-order valence-corrected chi connectivity index (χ2v) is 7.62. The summed E-state index contributed by atoms with van der Waals surface area (Å²) in [7, 11) is 0. The van der Waals surface area contributed by atoms with Crippen molar-refractivity contribution in [3.8, 4) is 23.2 Å². The van der Waals surface area contributed by atoms with Gasteiger partial charge < -0.3 is 4.74 Å². The molecule has 0 saturated heterocycles. The number of ether oxygens (including phenoxy) is 1. The molecule has 0 N–H and O–H groups in total. The molecule has 1 unspecified atom stereocenters. The number of carbonyl (C=O) groups is 2. The Labute approximate surface area is 185 Å². The molecule has 5 heteroatoms. The number of aryl methyl sites for hydroxylation is 1. The number of unbranched alkanes of at least 4 members (excludes halogenated alkanes) is 5. The van der Waals surface area contributed by atoms with Gasteiger partial charge in [-0.15, -0.1) is 0 Å². The smallest absolute Gasteiger partial charge is 0.338 e. The maximum atomic E-state index is 12.3. The fraction of sp³-hybridized carbons (Fsp3) is 0.462. The first-order valence-corrected chi connectivity index (χ1v) is 11.2. The van der Waals surface area contributed by atoms with Crippen molar-refractivity contribution in [2.75, 3.05) is 0 Å². The van der Waals surface area contributed by atoms with Gasteiger partial charge in [0.2, 0.25) is 5.78 Å². The lowest BCUT2D eigenvalue weighted by Crippen LogP contribution is -2.23. The molecule has 1 atom stereocenters. The summed E-state index contributed by atoms with van der Waals surface area (Å²) in [6, 6.07) is 6.87. The van der Waals surface area contributed by atoms with Gasteiger partial charge in [-0.25, -0.2) is 14.8 Å².